The van der Waals surface area contributed by atoms with Gasteiger partial charge in [0.2, 0.25) is 0 Å². The molecule has 1 aromatic heterocycles. The number of aliphatic hydroxyl groups excluding tert-OH is 1. The van der Waals surface area contributed by atoms with Gasteiger partial charge in [0.15, 0.2) is 0 Å². The Morgan fingerprint density at radius 1 is 1.13 bits per heavy atom. The zero-order chi connectivity index (χ0) is 16.4. The summed E-state index contributed by atoms with van der Waals surface area (Å²) < 4.78 is 1.96. The number of anilines is 1. The van der Waals surface area contributed by atoms with E-state index >= 15 is 0 Å². The second kappa shape index (κ2) is 6.42. The van der Waals surface area contributed by atoms with Gasteiger partial charge in [-0.2, -0.15) is 0 Å². The molecular weight excluding hydrogens is 294 g/mol. The monoisotopic (exact) mass is 315 g/mol. The van der Waals surface area contributed by atoms with Crippen LogP contribution in [0.5, 0.6) is 0 Å². The SMILES string of the molecule is Cn1ccc2ccc(NC(=O)C(=O)NC3CCC(O)CC3)cc21. The Balaban J connectivity index is 1.60. The Hall–Kier alpha value is -2.34. The van der Waals surface area contributed by atoms with Crippen LogP contribution in [0.1, 0.15) is 25.7 Å². The zero-order valence-corrected chi connectivity index (χ0v) is 13.1. The highest BCUT2D eigenvalue weighted by molar-refractivity contribution is 6.39. The number of fused-ring (bicyclic) bond motifs is 1. The molecule has 2 aromatic rings. The van der Waals surface area contributed by atoms with Crippen LogP contribution < -0.4 is 10.6 Å². The highest BCUT2D eigenvalue weighted by Gasteiger charge is 2.23. The maximum Gasteiger partial charge on any atom is 0.313 e. The summed E-state index contributed by atoms with van der Waals surface area (Å²) in [5.74, 6) is -1.29. The van der Waals surface area contributed by atoms with Crippen molar-refractivity contribution in [3.05, 3.63) is 30.5 Å². The number of aryl methyl sites for hydroxylation is 1. The highest BCUT2D eigenvalue weighted by Crippen LogP contribution is 2.20. The number of hydrogen-bond donors (Lipinski definition) is 3. The quantitative estimate of drug-likeness (QED) is 0.735. The second-order valence-electron chi connectivity index (χ2n) is 6.13. The molecule has 0 radical (unpaired) electrons. The Bertz CT molecular complexity index is 730. The number of aliphatic hydroxyl groups is 1. The summed E-state index contributed by atoms with van der Waals surface area (Å²) in [5.41, 5.74) is 1.59. The number of nitrogens with one attached hydrogen (secondary N) is 2. The highest BCUT2D eigenvalue weighted by atomic mass is 16.3. The van der Waals surface area contributed by atoms with Crippen molar-refractivity contribution in [3.63, 3.8) is 0 Å². The van der Waals surface area contributed by atoms with Crippen molar-refractivity contribution in [2.24, 2.45) is 7.05 Å². The molecule has 1 saturated carbocycles. The molecule has 3 rings (SSSR count). The van der Waals surface area contributed by atoms with Crippen molar-refractivity contribution in [2.45, 2.75) is 37.8 Å². The average Bonchev–Trinajstić information content (AvgIpc) is 2.90. The first kappa shape index (κ1) is 15.6. The summed E-state index contributed by atoms with van der Waals surface area (Å²) in [6.45, 7) is 0. The van der Waals surface area contributed by atoms with Crippen LogP contribution in [-0.4, -0.2) is 33.6 Å². The van der Waals surface area contributed by atoms with Gasteiger partial charge < -0.3 is 20.3 Å². The third-order valence-electron chi connectivity index (χ3n) is 4.38. The van der Waals surface area contributed by atoms with E-state index in [1.54, 1.807) is 6.07 Å². The van der Waals surface area contributed by atoms with Crippen molar-refractivity contribution >= 4 is 28.4 Å². The molecule has 23 heavy (non-hydrogen) atoms. The molecule has 1 aliphatic rings. The fourth-order valence-corrected chi connectivity index (χ4v) is 3.00. The van der Waals surface area contributed by atoms with E-state index in [4.69, 9.17) is 0 Å². The number of carbonyl (C=O) groups excluding carboxylic acids is 2. The third-order valence-corrected chi connectivity index (χ3v) is 4.38. The van der Waals surface area contributed by atoms with Crippen molar-refractivity contribution < 1.29 is 14.7 Å². The molecule has 0 bridgehead atoms. The molecule has 1 fully saturated rings. The molecule has 0 saturated heterocycles. The molecule has 0 aliphatic heterocycles. The molecular formula is C17H21N3O3. The van der Waals surface area contributed by atoms with Gasteiger partial charge in [-0.05, 0) is 49.3 Å². The number of aromatic nitrogens is 1. The summed E-state index contributed by atoms with van der Waals surface area (Å²) in [6, 6.07) is 7.49. The number of rotatable bonds is 2. The molecule has 122 valence electrons. The predicted molar refractivity (Wildman–Crippen MR) is 88.0 cm³/mol. The van der Waals surface area contributed by atoms with E-state index in [0.29, 0.717) is 31.4 Å². The van der Waals surface area contributed by atoms with Gasteiger partial charge in [0.1, 0.15) is 0 Å². The lowest BCUT2D eigenvalue weighted by molar-refractivity contribution is -0.136. The maximum absolute atomic E-state index is 12.0. The van der Waals surface area contributed by atoms with Gasteiger partial charge in [-0.25, -0.2) is 0 Å². The van der Waals surface area contributed by atoms with E-state index in [9.17, 15) is 14.7 Å². The fourth-order valence-electron chi connectivity index (χ4n) is 3.00. The minimum Gasteiger partial charge on any atom is -0.393 e. The van der Waals surface area contributed by atoms with Crippen LogP contribution in [0, 0.1) is 0 Å². The van der Waals surface area contributed by atoms with Crippen molar-refractivity contribution in [1.29, 1.82) is 0 Å². The molecule has 0 unspecified atom stereocenters. The first-order valence-corrected chi connectivity index (χ1v) is 7.88. The van der Waals surface area contributed by atoms with Gasteiger partial charge in [0.05, 0.1) is 6.10 Å². The van der Waals surface area contributed by atoms with Gasteiger partial charge in [-0.15, -0.1) is 0 Å². The van der Waals surface area contributed by atoms with Gasteiger partial charge in [-0.3, -0.25) is 9.59 Å². The van der Waals surface area contributed by atoms with E-state index in [1.807, 2.05) is 36.0 Å². The van der Waals surface area contributed by atoms with Crippen LogP contribution in [0.3, 0.4) is 0 Å². The van der Waals surface area contributed by atoms with Gasteiger partial charge >= 0.3 is 11.8 Å². The summed E-state index contributed by atoms with van der Waals surface area (Å²) in [7, 11) is 1.93. The maximum atomic E-state index is 12.0. The first-order valence-electron chi connectivity index (χ1n) is 7.88. The largest absolute Gasteiger partial charge is 0.393 e. The van der Waals surface area contributed by atoms with E-state index in [-0.39, 0.29) is 12.1 Å². The van der Waals surface area contributed by atoms with Crippen LogP contribution in [-0.2, 0) is 16.6 Å². The molecule has 0 atom stereocenters. The molecule has 1 aromatic carbocycles. The Labute approximate surface area is 134 Å². The van der Waals surface area contributed by atoms with Crippen LogP contribution >= 0.6 is 0 Å². The molecule has 6 heteroatoms. The molecule has 2 amide bonds. The van der Waals surface area contributed by atoms with Crippen LogP contribution in [0.2, 0.25) is 0 Å². The van der Waals surface area contributed by atoms with Crippen LogP contribution in [0.4, 0.5) is 5.69 Å². The summed E-state index contributed by atoms with van der Waals surface area (Å²) in [4.78, 5) is 24.0. The third kappa shape index (κ3) is 3.53. The number of hydrogen-bond acceptors (Lipinski definition) is 3. The zero-order valence-electron chi connectivity index (χ0n) is 13.1. The van der Waals surface area contributed by atoms with E-state index in [1.165, 1.54) is 0 Å². The van der Waals surface area contributed by atoms with E-state index < -0.39 is 11.8 Å². The van der Waals surface area contributed by atoms with Crippen LogP contribution in [0.15, 0.2) is 30.5 Å². The molecule has 3 N–H and O–H groups in total. The molecule has 1 heterocycles. The number of amides is 2. The minimum absolute atomic E-state index is 0.0352. The number of nitrogens with zero attached hydrogens (tertiary/aromatic N) is 1. The lowest BCUT2D eigenvalue weighted by atomic mass is 9.93. The Kier molecular flexibility index (Phi) is 4.34. The van der Waals surface area contributed by atoms with E-state index in [0.717, 1.165) is 10.9 Å². The topological polar surface area (TPSA) is 83.4 Å². The standard InChI is InChI=1S/C17H21N3O3/c1-20-9-8-11-2-3-13(10-15(11)20)19-17(23)16(22)18-12-4-6-14(21)7-5-12/h2-3,8-10,12,14,21H,4-7H2,1H3,(H,18,22)(H,19,23). The van der Waals surface area contributed by atoms with Gasteiger partial charge in [-0.1, -0.05) is 6.07 Å². The van der Waals surface area contributed by atoms with Crippen molar-refractivity contribution in [3.8, 4) is 0 Å². The summed E-state index contributed by atoms with van der Waals surface area (Å²) in [6.07, 6.45) is 4.40. The summed E-state index contributed by atoms with van der Waals surface area (Å²) >= 11 is 0. The predicted octanol–water partition coefficient (Wildman–Crippen LogP) is 1.54. The number of benzene rings is 1. The van der Waals surface area contributed by atoms with E-state index in [2.05, 4.69) is 10.6 Å². The van der Waals surface area contributed by atoms with Gasteiger partial charge in [0.25, 0.3) is 0 Å². The minimum atomic E-state index is -0.662. The lowest BCUT2D eigenvalue weighted by Crippen LogP contribution is -2.43. The van der Waals surface area contributed by atoms with Crippen molar-refractivity contribution in [2.75, 3.05) is 5.32 Å². The average molecular weight is 315 g/mol. The number of carbonyl (C=O) groups is 2. The Morgan fingerprint density at radius 3 is 2.61 bits per heavy atom. The lowest BCUT2D eigenvalue weighted by Gasteiger charge is -2.25. The van der Waals surface area contributed by atoms with Gasteiger partial charge in [0, 0.05) is 30.5 Å². The fraction of sp³-hybridized carbons (Fsp3) is 0.412. The second-order valence-corrected chi connectivity index (χ2v) is 6.13. The molecule has 1 aliphatic carbocycles. The first-order chi connectivity index (χ1) is 11.0. The molecule has 6 nitrogen and oxygen atoms in total. The van der Waals surface area contributed by atoms with Crippen LogP contribution in [0.25, 0.3) is 10.9 Å². The Morgan fingerprint density at radius 2 is 1.87 bits per heavy atom. The summed E-state index contributed by atoms with van der Waals surface area (Å²) in [5, 5.41) is 15.9. The van der Waals surface area contributed by atoms with Crippen molar-refractivity contribution in [1.82, 2.24) is 9.88 Å². The molecule has 0 spiro atoms. The normalized spacial score (nSPS) is 21.1. The smallest absolute Gasteiger partial charge is 0.313 e.